The van der Waals surface area contributed by atoms with Crippen molar-refractivity contribution in [2.24, 2.45) is 0 Å². The maximum atomic E-state index is 14.1. The Balaban J connectivity index is 2.49. The molecule has 0 saturated carbocycles. The number of carboxylic acid groups (broad SMARTS) is 1. The first-order valence-corrected chi connectivity index (χ1v) is 7.52. The normalized spacial score (nSPS) is 11.1. The van der Waals surface area contributed by atoms with Gasteiger partial charge >= 0.3 is 5.97 Å². The van der Waals surface area contributed by atoms with Crippen LogP contribution in [0.3, 0.4) is 0 Å². The predicted molar refractivity (Wildman–Crippen MR) is 79.2 cm³/mol. The van der Waals surface area contributed by atoms with E-state index in [2.05, 4.69) is 10.2 Å². The Labute approximate surface area is 130 Å². The fourth-order valence-corrected chi connectivity index (χ4v) is 2.79. The van der Waals surface area contributed by atoms with Crippen LogP contribution >= 0.6 is 23.4 Å². The van der Waals surface area contributed by atoms with Gasteiger partial charge in [-0.15, -0.1) is 10.2 Å². The van der Waals surface area contributed by atoms with E-state index in [0.717, 1.165) is 11.8 Å². The number of carbonyl (C=O) groups is 1. The molecule has 0 fully saturated rings. The van der Waals surface area contributed by atoms with Gasteiger partial charge in [-0.25, -0.2) is 4.39 Å². The summed E-state index contributed by atoms with van der Waals surface area (Å²) >= 11 is 6.83. The molecule has 1 N–H and O–H groups in total. The van der Waals surface area contributed by atoms with Crippen LogP contribution < -0.4 is 0 Å². The first-order chi connectivity index (χ1) is 9.91. The molecule has 1 aromatic heterocycles. The molecule has 0 amide bonds. The molecule has 21 heavy (non-hydrogen) atoms. The number of nitrogens with zero attached hydrogens (tertiary/aromatic N) is 3. The summed E-state index contributed by atoms with van der Waals surface area (Å²) < 4.78 is 15.8. The molecule has 0 aliphatic heterocycles. The summed E-state index contributed by atoms with van der Waals surface area (Å²) in [6.07, 6.45) is 0. The van der Waals surface area contributed by atoms with Crippen LogP contribution in [0, 0.1) is 5.82 Å². The molecule has 0 aliphatic rings. The third-order valence-corrected chi connectivity index (χ3v) is 3.92. The lowest BCUT2D eigenvalue weighted by Crippen LogP contribution is -2.07. The fraction of sp³-hybridized carbons (Fsp3) is 0.308. The maximum Gasteiger partial charge on any atom is 0.313 e. The molecule has 0 bridgehead atoms. The Hall–Kier alpha value is -1.60. The predicted octanol–water partition coefficient (Wildman–Crippen LogP) is 3.50. The van der Waals surface area contributed by atoms with E-state index in [4.69, 9.17) is 16.7 Å². The molecular formula is C13H13ClFN3O2S. The Bertz CT molecular complexity index is 675. The van der Waals surface area contributed by atoms with Crippen molar-refractivity contribution in [2.45, 2.75) is 25.0 Å². The lowest BCUT2D eigenvalue weighted by molar-refractivity contribution is -0.133. The first-order valence-electron chi connectivity index (χ1n) is 6.15. The third kappa shape index (κ3) is 3.36. The number of aliphatic carboxylic acids is 1. The van der Waals surface area contributed by atoms with E-state index in [0.29, 0.717) is 11.0 Å². The second kappa shape index (κ2) is 6.44. The number of benzene rings is 1. The van der Waals surface area contributed by atoms with E-state index in [1.807, 2.05) is 13.8 Å². The zero-order valence-corrected chi connectivity index (χ0v) is 13.0. The number of rotatable bonds is 5. The van der Waals surface area contributed by atoms with E-state index in [1.165, 1.54) is 6.07 Å². The highest BCUT2D eigenvalue weighted by Crippen LogP contribution is 2.31. The third-order valence-electron chi connectivity index (χ3n) is 2.70. The van der Waals surface area contributed by atoms with Crippen LogP contribution in [0.5, 0.6) is 0 Å². The van der Waals surface area contributed by atoms with Crippen molar-refractivity contribution in [1.29, 1.82) is 0 Å². The Kier molecular flexibility index (Phi) is 4.84. The Morgan fingerprint density at radius 2 is 2.19 bits per heavy atom. The van der Waals surface area contributed by atoms with Crippen LogP contribution in [-0.2, 0) is 4.79 Å². The highest BCUT2D eigenvalue weighted by molar-refractivity contribution is 7.99. The zero-order chi connectivity index (χ0) is 15.6. The first kappa shape index (κ1) is 15.8. The minimum atomic E-state index is -0.950. The summed E-state index contributed by atoms with van der Waals surface area (Å²) in [7, 11) is 0. The molecular weight excluding hydrogens is 317 g/mol. The van der Waals surface area contributed by atoms with Gasteiger partial charge in [-0.1, -0.05) is 29.4 Å². The topological polar surface area (TPSA) is 68.0 Å². The standard InChI is InChI=1S/C13H13ClFN3O2S/c1-7(2)18-12(8-4-3-5-9(14)11(8)15)16-17-13(18)21-6-10(19)20/h3-5,7H,6H2,1-2H3,(H,19,20). The molecule has 0 atom stereocenters. The van der Waals surface area contributed by atoms with Crippen molar-refractivity contribution in [2.75, 3.05) is 5.75 Å². The van der Waals surface area contributed by atoms with Gasteiger partial charge in [-0.3, -0.25) is 9.36 Å². The van der Waals surface area contributed by atoms with E-state index in [1.54, 1.807) is 16.7 Å². The van der Waals surface area contributed by atoms with Crippen molar-refractivity contribution in [1.82, 2.24) is 14.8 Å². The van der Waals surface area contributed by atoms with Crippen LogP contribution in [0.2, 0.25) is 5.02 Å². The monoisotopic (exact) mass is 329 g/mol. The average Bonchev–Trinajstić information content (AvgIpc) is 2.83. The largest absolute Gasteiger partial charge is 0.481 e. The van der Waals surface area contributed by atoms with Gasteiger partial charge in [-0.05, 0) is 26.0 Å². The van der Waals surface area contributed by atoms with Gasteiger partial charge in [0.1, 0.15) is 0 Å². The molecule has 8 heteroatoms. The summed E-state index contributed by atoms with van der Waals surface area (Å²) in [6, 6.07) is 4.60. The molecule has 0 spiro atoms. The Morgan fingerprint density at radius 3 is 2.81 bits per heavy atom. The van der Waals surface area contributed by atoms with Gasteiger partial charge < -0.3 is 5.11 Å². The summed E-state index contributed by atoms with van der Waals surface area (Å²) in [5, 5.41) is 17.1. The lowest BCUT2D eigenvalue weighted by Gasteiger charge is -2.14. The second-order valence-corrected chi connectivity index (χ2v) is 5.90. The molecule has 0 radical (unpaired) electrons. The van der Waals surface area contributed by atoms with Crippen LogP contribution in [-0.4, -0.2) is 31.6 Å². The van der Waals surface area contributed by atoms with Crippen molar-refractivity contribution >= 4 is 29.3 Å². The lowest BCUT2D eigenvalue weighted by atomic mass is 10.2. The van der Waals surface area contributed by atoms with Gasteiger partial charge in [0.25, 0.3) is 0 Å². The van der Waals surface area contributed by atoms with Gasteiger partial charge in [0, 0.05) is 6.04 Å². The van der Waals surface area contributed by atoms with Gasteiger partial charge in [0.2, 0.25) is 0 Å². The minimum absolute atomic E-state index is 0.00513. The molecule has 0 unspecified atom stereocenters. The van der Waals surface area contributed by atoms with Crippen molar-refractivity contribution < 1.29 is 14.3 Å². The van der Waals surface area contributed by atoms with Crippen molar-refractivity contribution in [3.63, 3.8) is 0 Å². The van der Waals surface area contributed by atoms with Gasteiger partial charge in [0.15, 0.2) is 16.8 Å². The molecule has 5 nitrogen and oxygen atoms in total. The summed E-state index contributed by atoms with van der Waals surface area (Å²) in [4.78, 5) is 10.7. The molecule has 0 saturated heterocycles. The summed E-state index contributed by atoms with van der Waals surface area (Å²) in [5.41, 5.74) is 0.242. The number of hydrogen-bond acceptors (Lipinski definition) is 4. The second-order valence-electron chi connectivity index (χ2n) is 4.55. The van der Waals surface area contributed by atoms with E-state index in [9.17, 15) is 9.18 Å². The average molecular weight is 330 g/mol. The fourth-order valence-electron chi connectivity index (χ4n) is 1.83. The van der Waals surface area contributed by atoms with Crippen LogP contribution in [0.15, 0.2) is 23.4 Å². The number of halogens is 2. The van der Waals surface area contributed by atoms with Gasteiger partial charge in [0.05, 0.1) is 16.3 Å². The Morgan fingerprint density at radius 1 is 1.48 bits per heavy atom. The van der Waals surface area contributed by atoms with E-state index in [-0.39, 0.29) is 22.4 Å². The summed E-state index contributed by atoms with van der Waals surface area (Å²) in [6.45, 7) is 3.78. The highest BCUT2D eigenvalue weighted by Gasteiger charge is 2.20. The molecule has 0 aliphatic carbocycles. The quantitative estimate of drug-likeness (QED) is 0.850. The smallest absolute Gasteiger partial charge is 0.313 e. The van der Waals surface area contributed by atoms with E-state index < -0.39 is 11.8 Å². The van der Waals surface area contributed by atoms with Crippen molar-refractivity contribution in [3.05, 3.63) is 29.0 Å². The van der Waals surface area contributed by atoms with E-state index >= 15 is 0 Å². The highest BCUT2D eigenvalue weighted by atomic mass is 35.5. The number of aromatic nitrogens is 3. The van der Waals surface area contributed by atoms with Gasteiger partial charge in [-0.2, -0.15) is 0 Å². The van der Waals surface area contributed by atoms with Crippen LogP contribution in [0.25, 0.3) is 11.4 Å². The number of thioether (sulfide) groups is 1. The molecule has 1 aromatic carbocycles. The molecule has 2 aromatic rings. The summed E-state index contributed by atoms with van der Waals surface area (Å²) in [5.74, 6) is -1.32. The van der Waals surface area contributed by atoms with Crippen LogP contribution in [0.1, 0.15) is 19.9 Å². The maximum absolute atomic E-state index is 14.1. The molecule has 112 valence electrons. The zero-order valence-electron chi connectivity index (χ0n) is 11.4. The van der Waals surface area contributed by atoms with Crippen LogP contribution in [0.4, 0.5) is 4.39 Å². The molecule has 2 rings (SSSR count). The number of carboxylic acids is 1. The minimum Gasteiger partial charge on any atom is -0.481 e. The molecule has 1 heterocycles. The number of hydrogen-bond donors (Lipinski definition) is 1. The van der Waals surface area contributed by atoms with Crippen molar-refractivity contribution in [3.8, 4) is 11.4 Å². The SMILES string of the molecule is CC(C)n1c(SCC(=O)O)nnc1-c1cccc(Cl)c1F.